The van der Waals surface area contributed by atoms with E-state index in [1.54, 1.807) is 6.20 Å². The molecule has 0 aliphatic carbocycles. The molecule has 0 fully saturated rings. The molecule has 2 aromatic heterocycles. The molecule has 0 amide bonds. The summed E-state index contributed by atoms with van der Waals surface area (Å²) >= 11 is 0. The molecule has 0 bridgehead atoms. The predicted molar refractivity (Wildman–Crippen MR) is 138 cm³/mol. The molecule has 0 saturated carbocycles. The van der Waals surface area contributed by atoms with Gasteiger partial charge in [0, 0.05) is 42.7 Å². The van der Waals surface area contributed by atoms with Crippen molar-refractivity contribution in [3.05, 3.63) is 89.7 Å². The van der Waals surface area contributed by atoms with Gasteiger partial charge in [-0.25, -0.2) is 15.0 Å². The van der Waals surface area contributed by atoms with E-state index in [-0.39, 0.29) is 12.1 Å². The Labute approximate surface area is 201 Å². The van der Waals surface area contributed by atoms with Crippen molar-refractivity contribution in [2.24, 2.45) is 5.73 Å². The molecule has 2 heterocycles. The molecule has 4 aromatic rings. The second-order valence-corrected chi connectivity index (χ2v) is 8.64. The summed E-state index contributed by atoms with van der Waals surface area (Å²) < 4.78 is 0. The third kappa shape index (κ3) is 5.74. The van der Waals surface area contributed by atoms with Crippen molar-refractivity contribution in [3.8, 4) is 11.4 Å². The number of hydrogen-bond acceptors (Lipinski definition) is 7. The highest BCUT2D eigenvalue weighted by atomic mass is 15.3. The summed E-state index contributed by atoms with van der Waals surface area (Å²) in [6, 6.07) is 22.4. The summed E-state index contributed by atoms with van der Waals surface area (Å²) in [7, 11) is 1.95. The lowest BCUT2D eigenvalue weighted by molar-refractivity contribution is 0.767. The maximum atomic E-state index is 6.04. The lowest BCUT2D eigenvalue weighted by Gasteiger charge is -2.20. The molecule has 0 saturated heterocycles. The van der Waals surface area contributed by atoms with Crippen molar-refractivity contribution in [1.82, 2.24) is 19.9 Å². The Morgan fingerprint density at radius 1 is 0.912 bits per heavy atom. The number of anilines is 3. The van der Waals surface area contributed by atoms with Gasteiger partial charge in [0.2, 0.25) is 5.95 Å². The number of nitrogens with zero attached hydrogens (tertiary/aromatic N) is 5. The Bertz CT molecular complexity index is 1240. The Kier molecular flexibility index (Phi) is 7.13. The van der Waals surface area contributed by atoms with Crippen molar-refractivity contribution in [2.75, 3.05) is 17.3 Å². The lowest BCUT2D eigenvalue weighted by atomic mass is 10.0. The number of nitrogens with one attached hydrogen (secondary N) is 1. The highest BCUT2D eigenvalue weighted by molar-refractivity contribution is 5.61. The van der Waals surface area contributed by atoms with Crippen LogP contribution in [-0.4, -0.2) is 33.0 Å². The van der Waals surface area contributed by atoms with Gasteiger partial charge in [0.05, 0.1) is 0 Å². The van der Waals surface area contributed by atoms with Crippen molar-refractivity contribution < 1.29 is 0 Å². The number of aromatic nitrogens is 4. The van der Waals surface area contributed by atoms with Crippen LogP contribution in [-0.2, 0) is 6.42 Å². The maximum absolute atomic E-state index is 6.04. The number of nitrogens with two attached hydrogens (primary N) is 1. The highest BCUT2D eigenvalue weighted by Gasteiger charge is 2.13. The van der Waals surface area contributed by atoms with Gasteiger partial charge >= 0.3 is 0 Å². The molecule has 2 atom stereocenters. The second kappa shape index (κ2) is 10.4. The van der Waals surface area contributed by atoms with E-state index in [0.29, 0.717) is 11.8 Å². The minimum absolute atomic E-state index is 0.0191. The standard InChI is InChI=1S/C27H31N7/c1-18(15-21-9-8-12-23(17-21)20(3)28)30-27-31-19(2)16-25(33-27)34(4)24-13-14-29-26(32-24)22-10-6-5-7-11-22/h5-14,16-18,20H,15,28H2,1-4H3,(H,30,31,33)/t18-,20+/m0/s1. The number of aryl methyl sites for hydroxylation is 1. The van der Waals surface area contributed by atoms with Crippen LogP contribution < -0.4 is 16.0 Å². The van der Waals surface area contributed by atoms with E-state index in [1.807, 2.05) is 68.3 Å². The number of hydrogen-bond donors (Lipinski definition) is 2. The molecule has 7 nitrogen and oxygen atoms in total. The zero-order valence-electron chi connectivity index (χ0n) is 20.1. The molecule has 3 N–H and O–H groups in total. The van der Waals surface area contributed by atoms with Gasteiger partial charge in [0.15, 0.2) is 5.82 Å². The van der Waals surface area contributed by atoms with Crippen LogP contribution >= 0.6 is 0 Å². The molecule has 0 spiro atoms. The van der Waals surface area contributed by atoms with E-state index in [4.69, 9.17) is 15.7 Å². The summed E-state index contributed by atoms with van der Waals surface area (Å²) in [6.45, 7) is 6.10. The average molecular weight is 454 g/mol. The third-order valence-electron chi connectivity index (χ3n) is 5.60. The van der Waals surface area contributed by atoms with Gasteiger partial charge in [-0.1, -0.05) is 54.6 Å². The van der Waals surface area contributed by atoms with Crippen LogP contribution in [0.5, 0.6) is 0 Å². The summed E-state index contributed by atoms with van der Waals surface area (Å²) in [6.07, 6.45) is 2.61. The zero-order chi connectivity index (χ0) is 24.1. The van der Waals surface area contributed by atoms with Crippen molar-refractivity contribution in [1.29, 1.82) is 0 Å². The van der Waals surface area contributed by atoms with E-state index in [0.717, 1.165) is 34.9 Å². The largest absolute Gasteiger partial charge is 0.351 e. The molecular weight excluding hydrogens is 422 g/mol. The minimum Gasteiger partial charge on any atom is -0.351 e. The topological polar surface area (TPSA) is 92.9 Å². The monoisotopic (exact) mass is 453 g/mol. The fourth-order valence-electron chi connectivity index (χ4n) is 3.80. The summed E-state index contributed by atoms with van der Waals surface area (Å²) in [5.41, 5.74) is 10.3. The smallest absolute Gasteiger partial charge is 0.225 e. The molecule has 2 aromatic carbocycles. The van der Waals surface area contributed by atoms with Crippen LogP contribution in [0, 0.1) is 6.92 Å². The molecular formula is C27H31N7. The average Bonchev–Trinajstić information content (AvgIpc) is 2.84. The van der Waals surface area contributed by atoms with E-state index < -0.39 is 0 Å². The second-order valence-electron chi connectivity index (χ2n) is 8.64. The Morgan fingerprint density at radius 3 is 2.47 bits per heavy atom. The molecule has 7 heteroatoms. The van der Waals surface area contributed by atoms with E-state index in [9.17, 15) is 0 Å². The minimum atomic E-state index is 0.0191. The molecule has 4 rings (SSSR count). The first-order valence-electron chi connectivity index (χ1n) is 11.5. The zero-order valence-corrected chi connectivity index (χ0v) is 20.1. The normalized spacial score (nSPS) is 12.7. The van der Waals surface area contributed by atoms with Crippen molar-refractivity contribution >= 4 is 17.6 Å². The lowest BCUT2D eigenvalue weighted by Crippen LogP contribution is -2.21. The number of rotatable bonds is 8. The van der Waals surface area contributed by atoms with E-state index >= 15 is 0 Å². The van der Waals surface area contributed by atoms with Crippen LogP contribution in [0.4, 0.5) is 17.6 Å². The first-order chi connectivity index (χ1) is 16.4. The molecule has 34 heavy (non-hydrogen) atoms. The molecule has 0 aliphatic rings. The van der Waals surface area contributed by atoms with Gasteiger partial charge in [-0.3, -0.25) is 0 Å². The highest BCUT2D eigenvalue weighted by Crippen LogP contribution is 2.24. The van der Waals surface area contributed by atoms with Crippen LogP contribution in [0.1, 0.15) is 36.7 Å². The number of benzene rings is 2. The first-order valence-corrected chi connectivity index (χ1v) is 11.5. The molecule has 0 aliphatic heterocycles. The van der Waals surface area contributed by atoms with Gasteiger partial charge in [0.1, 0.15) is 11.6 Å². The maximum Gasteiger partial charge on any atom is 0.225 e. The van der Waals surface area contributed by atoms with E-state index in [2.05, 4.69) is 46.5 Å². The van der Waals surface area contributed by atoms with Gasteiger partial charge in [-0.05, 0) is 44.4 Å². The van der Waals surface area contributed by atoms with Crippen molar-refractivity contribution in [3.63, 3.8) is 0 Å². The quantitative estimate of drug-likeness (QED) is 0.385. The van der Waals surface area contributed by atoms with Crippen LogP contribution in [0.15, 0.2) is 72.9 Å². The molecule has 174 valence electrons. The predicted octanol–water partition coefficient (Wildman–Crippen LogP) is 5.07. The van der Waals surface area contributed by atoms with Crippen LogP contribution in [0.2, 0.25) is 0 Å². The fourth-order valence-corrected chi connectivity index (χ4v) is 3.80. The van der Waals surface area contributed by atoms with Gasteiger partial charge in [-0.2, -0.15) is 4.98 Å². The Hall–Kier alpha value is -3.84. The fraction of sp³-hybridized carbons (Fsp3) is 0.259. The summed E-state index contributed by atoms with van der Waals surface area (Å²) in [4.78, 5) is 20.5. The molecule has 0 unspecified atom stereocenters. The summed E-state index contributed by atoms with van der Waals surface area (Å²) in [5, 5.41) is 3.45. The van der Waals surface area contributed by atoms with Gasteiger partial charge in [0.25, 0.3) is 0 Å². The Balaban J connectivity index is 1.51. The molecule has 0 radical (unpaired) electrons. The van der Waals surface area contributed by atoms with Gasteiger partial charge in [-0.15, -0.1) is 0 Å². The van der Waals surface area contributed by atoms with Gasteiger partial charge < -0.3 is 16.0 Å². The van der Waals surface area contributed by atoms with Crippen LogP contribution in [0.3, 0.4) is 0 Å². The Morgan fingerprint density at radius 2 is 1.71 bits per heavy atom. The SMILES string of the molecule is Cc1cc(N(C)c2ccnc(-c3ccccc3)n2)nc(N[C@@H](C)Cc2cccc([C@@H](C)N)c2)n1. The summed E-state index contributed by atoms with van der Waals surface area (Å²) in [5.74, 6) is 2.80. The van der Waals surface area contributed by atoms with Crippen LogP contribution in [0.25, 0.3) is 11.4 Å². The van der Waals surface area contributed by atoms with E-state index in [1.165, 1.54) is 5.56 Å². The first kappa shape index (κ1) is 23.3. The third-order valence-corrected chi connectivity index (χ3v) is 5.60. The van der Waals surface area contributed by atoms with Crippen molar-refractivity contribution in [2.45, 2.75) is 39.3 Å².